The molecule has 5 nitrogen and oxygen atoms in total. The van der Waals surface area contributed by atoms with Gasteiger partial charge in [0.2, 0.25) is 15.6 Å². The van der Waals surface area contributed by atoms with Gasteiger partial charge in [-0.3, -0.25) is 4.79 Å². The average Bonchev–Trinajstić information content (AvgIpc) is 2.82. The van der Waals surface area contributed by atoms with Crippen molar-refractivity contribution in [2.75, 3.05) is 18.6 Å². The number of nitrogens with one attached hydrogen (secondary N) is 1. The van der Waals surface area contributed by atoms with Gasteiger partial charge in [-0.25, -0.2) is 8.42 Å². The molecule has 1 aliphatic heterocycles. The zero-order valence-electron chi connectivity index (χ0n) is 9.42. The minimum Gasteiger partial charge on any atom is -0.328 e. The van der Waals surface area contributed by atoms with E-state index in [4.69, 9.17) is 0 Å². The minimum atomic E-state index is -3.49. The third-order valence-electron chi connectivity index (χ3n) is 2.85. The van der Waals surface area contributed by atoms with Crippen molar-refractivity contribution in [3.63, 3.8) is 0 Å². The first-order valence-corrected chi connectivity index (χ1v) is 7.86. The third-order valence-corrected chi connectivity index (χ3v) is 5.90. The molecule has 1 unspecified atom stereocenters. The second-order valence-electron chi connectivity index (χ2n) is 3.93. The van der Waals surface area contributed by atoms with Gasteiger partial charge >= 0.3 is 0 Å². The molecule has 1 aromatic heterocycles. The standard InChI is InChI=1S/C10H14N2O3S2/c1-12(8-4-5-16-7-8)17(14,15)9-2-3-10(13)11-6-9/h2-3,6,8H,4-5,7H2,1H3,(H,11,13). The van der Waals surface area contributed by atoms with Gasteiger partial charge in [0.25, 0.3) is 0 Å². The van der Waals surface area contributed by atoms with E-state index in [0.717, 1.165) is 17.9 Å². The van der Waals surface area contributed by atoms with Gasteiger partial charge in [-0.15, -0.1) is 0 Å². The average molecular weight is 274 g/mol. The largest absolute Gasteiger partial charge is 0.328 e. The van der Waals surface area contributed by atoms with Crippen LogP contribution in [0.15, 0.2) is 28.0 Å². The second-order valence-corrected chi connectivity index (χ2v) is 7.07. The fraction of sp³-hybridized carbons (Fsp3) is 0.500. The SMILES string of the molecule is CN(C1CCSC1)S(=O)(=O)c1ccc(=O)[nH]c1. The number of rotatable bonds is 3. The molecule has 0 aromatic carbocycles. The minimum absolute atomic E-state index is 0.0527. The molecule has 2 heterocycles. The molecule has 0 spiro atoms. The van der Waals surface area contributed by atoms with Crippen molar-refractivity contribution >= 4 is 21.8 Å². The lowest BCUT2D eigenvalue weighted by Gasteiger charge is -2.22. The molecule has 94 valence electrons. The molecule has 0 bridgehead atoms. The van der Waals surface area contributed by atoms with E-state index in [1.165, 1.54) is 22.6 Å². The zero-order chi connectivity index (χ0) is 12.5. The smallest absolute Gasteiger partial charge is 0.247 e. The van der Waals surface area contributed by atoms with Crippen LogP contribution in [0.5, 0.6) is 0 Å². The Hall–Kier alpha value is -0.790. The van der Waals surface area contributed by atoms with Gasteiger partial charge < -0.3 is 4.98 Å². The Bertz CT molecular complexity index is 526. The number of pyridine rings is 1. The summed E-state index contributed by atoms with van der Waals surface area (Å²) in [6.07, 6.45) is 2.13. The fourth-order valence-electron chi connectivity index (χ4n) is 1.73. The topological polar surface area (TPSA) is 70.2 Å². The number of nitrogens with zero attached hydrogens (tertiary/aromatic N) is 1. The van der Waals surface area contributed by atoms with Crippen molar-refractivity contribution in [2.24, 2.45) is 0 Å². The lowest BCUT2D eigenvalue weighted by atomic mass is 10.3. The number of aromatic nitrogens is 1. The Morgan fingerprint density at radius 3 is 2.76 bits per heavy atom. The maximum absolute atomic E-state index is 12.2. The van der Waals surface area contributed by atoms with E-state index >= 15 is 0 Å². The lowest BCUT2D eigenvalue weighted by molar-refractivity contribution is 0.394. The number of hydrogen-bond donors (Lipinski definition) is 1. The number of aromatic amines is 1. The molecule has 2 rings (SSSR count). The quantitative estimate of drug-likeness (QED) is 0.871. The van der Waals surface area contributed by atoms with Gasteiger partial charge in [0.05, 0.1) is 4.90 Å². The molecule has 17 heavy (non-hydrogen) atoms. The highest BCUT2D eigenvalue weighted by Crippen LogP contribution is 2.25. The van der Waals surface area contributed by atoms with Crippen LogP contribution in [0.1, 0.15) is 6.42 Å². The summed E-state index contributed by atoms with van der Waals surface area (Å²) in [5.74, 6) is 1.83. The van der Waals surface area contributed by atoms with E-state index in [9.17, 15) is 13.2 Å². The zero-order valence-corrected chi connectivity index (χ0v) is 11.1. The Morgan fingerprint density at radius 2 is 2.24 bits per heavy atom. The Balaban J connectivity index is 2.29. The normalized spacial score (nSPS) is 20.9. The summed E-state index contributed by atoms with van der Waals surface area (Å²) in [7, 11) is -1.90. The predicted octanol–water partition coefficient (Wildman–Crippen LogP) is 0.501. The summed E-state index contributed by atoms with van der Waals surface area (Å²) in [5.41, 5.74) is -0.303. The number of thioether (sulfide) groups is 1. The monoisotopic (exact) mass is 274 g/mol. The molecule has 1 fully saturated rings. The lowest BCUT2D eigenvalue weighted by Crippen LogP contribution is -2.37. The molecule has 1 N–H and O–H groups in total. The first kappa shape index (κ1) is 12.7. The van der Waals surface area contributed by atoms with Crippen LogP contribution in [0.25, 0.3) is 0 Å². The fourth-order valence-corrected chi connectivity index (χ4v) is 4.44. The highest BCUT2D eigenvalue weighted by atomic mass is 32.2. The van der Waals surface area contributed by atoms with E-state index in [1.54, 1.807) is 18.8 Å². The molecular weight excluding hydrogens is 260 g/mol. The number of H-pyrrole nitrogens is 1. The summed E-state index contributed by atoms with van der Waals surface area (Å²) in [4.78, 5) is 13.4. The van der Waals surface area contributed by atoms with Crippen molar-refractivity contribution in [1.82, 2.24) is 9.29 Å². The first-order chi connectivity index (χ1) is 8.01. The number of sulfonamides is 1. The van der Waals surface area contributed by atoms with Crippen LogP contribution in [-0.4, -0.2) is 42.3 Å². The Labute approximate surface area is 104 Å². The van der Waals surface area contributed by atoms with Crippen LogP contribution < -0.4 is 5.56 Å². The molecule has 0 radical (unpaired) electrons. The summed E-state index contributed by atoms with van der Waals surface area (Å²) in [5, 5.41) is 0. The molecule has 1 saturated heterocycles. The summed E-state index contributed by atoms with van der Waals surface area (Å²) in [6.45, 7) is 0. The maximum Gasteiger partial charge on any atom is 0.247 e. The first-order valence-electron chi connectivity index (χ1n) is 5.26. The van der Waals surface area contributed by atoms with E-state index < -0.39 is 10.0 Å². The van der Waals surface area contributed by atoms with Gasteiger partial charge in [-0.2, -0.15) is 16.1 Å². The molecule has 1 aliphatic rings. The van der Waals surface area contributed by atoms with Gasteiger partial charge in [0.15, 0.2) is 0 Å². The van der Waals surface area contributed by atoms with Crippen LogP contribution in [0, 0.1) is 0 Å². The molecule has 1 aromatic rings. The second kappa shape index (κ2) is 4.83. The molecule has 0 saturated carbocycles. The van der Waals surface area contributed by atoms with Gasteiger partial charge in [0.1, 0.15) is 0 Å². The number of hydrogen-bond acceptors (Lipinski definition) is 4. The van der Waals surface area contributed by atoms with Crippen LogP contribution in [0.3, 0.4) is 0 Å². The van der Waals surface area contributed by atoms with E-state index in [1.807, 2.05) is 0 Å². The highest BCUT2D eigenvalue weighted by Gasteiger charge is 2.30. The molecule has 1 atom stereocenters. The molecule has 0 amide bonds. The van der Waals surface area contributed by atoms with E-state index in [-0.39, 0.29) is 16.5 Å². The van der Waals surface area contributed by atoms with Gasteiger partial charge in [-0.05, 0) is 18.2 Å². The Morgan fingerprint density at radius 1 is 1.47 bits per heavy atom. The van der Waals surface area contributed by atoms with E-state index in [2.05, 4.69) is 4.98 Å². The van der Waals surface area contributed by atoms with Crippen molar-refractivity contribution in [3.8, 4) is 0 Å². The van der Waals surface area contributed by atoms with Gasteiger partial charge in [0, 0.05) is 31.1 Å². The summed E-state index contributed by atoms with van der Waals surface area (Å²) >= 11 is 1.76. The van der Waals surface area contributed by atoms with Crippen LogP contribution in [-0.2, 0) is 10.0 Å². The summed E-state index contributed by atoms with van der Waals surface area (Å²) in [6, 6.07) is 2.62. The van der Waals surface area contributed by atoms with Crippen molar-refractivity contribution in [3.05, 3.63) is 28.7 Å². The van der Waals surface area contributed by atoms with Crippen molar-refractivity contribution in [1.29, 1.82) is 0 Å². The Kier molecular flexibility index (Phi) is 3.60. The van der Waals surface area contributed by atoms with Gasteiger partial charge in [-0.1, -0.05) is 0 Å². The summed E-state index contributed by atoms with van der Waals surface area (Å²) < 4.78 is 25.9. The third kappa shape index (κ3) is 2.56. The predicted molar refractivity (Wildman–Crippen MR) is 67.7 cm³/mol. The molecule has 7 heteroatoms. The van der Waals surface area contributed by atoms with E-state index in [0.29, 0.717) is 0 Å². The van der Waals surface area contributed by atoms with Crippen molar-refractivity contribution < 1.29 is 8.42 Å². The van der Waals surface area contributed by atoms with Crippen LogP contribution >= 0.6 is 11.8 Å². The maximum atomic E-state index is 12.2. The molecule has 0 aliphatic carbocycles. The highest BCUT2D eigenvalue weighted by molar-refractivity contribution is 7.99. The molecular formula is C10H14N2O3S2. The van der Waals surface area contributed by atoms with Crippen molar-refractivity contribution in [2.45, 2.75) is 17.4 Å². The van der Waals surface area contributed by atoms with Crippen LogP contribution in [0.4, 0.5) is 0 Å². The van der Waals surface area contributed by atoms with Crippen LogP contribution in [0.2, 0.25) is 0 Å².